The highest BCUT2D eigenvalue weighted by molar-refractivity contribution is 14.0. The fourth-order valence-electron chi connectivity index (χ4n) is 2.51. The molecule has 0 unspecified atom stereocenters. The molecule has 0 amide bonds. The van der Waals surface area contributed by atoms with E-state index >= 15 is 0 Å². The molecule has 1 heterocycles. The number of aromatic nitrogens is 1. The van der Waals surface area contributed by atoms with Crippen molar-refractivity contribution in [2.24, 2.45) is 4.99 Å². The Morgan fingerprint density at radius 1 is 1.35 bits per heavy atom. The first-order chi connectivity index (χ1) is 10.8. The molecule has 128 valence electrons. The molecule has 5 nitrogen and oxygen atoms in total. The highest BCUT2D eigenvalue weighted by Gasteiger charge is 2.15. The number of nitrogens with zero attached hydrogens (tertiary/aromatic N) is 2. The van der Waals surface area contributed by atoms with Crippen LogP contribution >= 0.6 is 24.0 Å². The number of halogens is 1. The van der Waals surface area contributed by atoms with Gasteiger partial charge >= 0.3 is 0 Å². The van der Waals surface area contributed by atoms with Gasteiger partial charge in [0.25, 0.3) is 0 Å². The molecule has 1 aromatic rings. The minimum absolute atomic E-state index is 0. The monoisotopic (exact) mass is 430 g/mol. The van der Waals surface area contributed by atoms with Crippen molar-refractivity contribution in [3.63, 3.8) is 0 Å². The summed E-state index contributed by atoms with van der Waals surface area (Å²) in [7, 11) is 1.75. The highest BCUT2D eigenvalue weighted by atomic mass is 127. The van der Waals surface area contributed by atoms with Gasteiger partial charge in [0.05, 0.1) is 0 Å². The van der Waals surface area contributed by atoms with Gasteiger partial charge in [-0.1, -0.05) is 18.6 Å². The number of guanidine groups is 1. The van der Waals surface area contributed by atoms with Crippen molar-refractivity contribution in [3.05, 3.63) is 36.5 Å². The van der Waals surface area contributed by atoms with Crippen molar-refractivity contribution in [2.45, 2.75) is 44.8 Å². The molecule has 2 N–H and O–H groups in total. The summed E-state index contributed by atoms with van der Waals surface area (Å²) in [6, 6.07) is 3.99. The van der Waals surface area contributed by atoms with E-state index in [2.05, 4.69) is 27.2 Å². The number of pyridine rings is 1. The van der Waals surface area contributed by atoms with Gasteiger partial charge in [0.1, 0.15) is 6.10 Å². The summed E-state index contributed by atoms with van der Waals surface area (Å²) in [5.74, 6) is 1.48. The molecule has 0 bridgehead atoms. The molecule has 2 rings (SSSR count). The first-order valence-electron chi connectivity index (χ1n) is 7.99. The third kappa shape index (κ3) is 7.20. The third-order valence-electron chi connectivity index (χ3n) is 3.73. The van der Waals surface area contributed by atoms with Gasteiger partial charge in [-0.05, 0) is 31.2 Å². The maximum absolute atomic E-state index is 5.93. The van der Waals surface area contributed by atoms with Crippen LogP contribution in [0.25, 0.3) is 0 Å². The second-order valence-electron chi connectivity index (χ2n) is 5.48. The van der Waals surface area contributed by atoms with Crippen LogP contribution in [0.3, 0.4) is 0 Å². The molecule has 0 saturated heterocycles. The smallest absolute Gasteiger partial charge is 0.213 e. The molecule has 0 spiro atoms. The van der Waals surface area contributed by atoms with E-state index < -0.39 is 0 Å². The lowest BCUT2D eigenvalue weighted by Gasteiger charge is -2.22. The zero-order valence-corrected chi connectivity index (χ0v) is 16.1. The molecule has 0 atom stereocenters. The van der Waals surface area contributed by atoms with E-state index in [9.17, 15) is 0 Å². The largest absolute Gasteiger partial charge is 0.474 e. The summed E-state index contributed by atoms with van der Waals surface area (Å²) in [6.07, 6.45) is 10.2. The van der Waals surface area contributed by atoms with Crippen molar-refractivity contribution in [2.75, 3.05) is 13.6 Å². The topological polar surface area (TPSA) is 58.5 Å². The fraction of sp³-hybridized carbons (Fsp3) is 0.529. The van der Waals surface area contributed by atoms with Gasteiger partial charge < -0.3 is 15.4 Å². The van der Waals surface area contributed by atoms with Gasteiger partial charge in [0.2, 0.25) is 5.88 Å². The SMILES string of the molecule is C=CCNC(=NC)NCc1ccc(OC2CCCCC2)nc1.I. The van der Waals surface area contributed by atoms with Crippen LogP contribution in [0.4, 0.5) is 0 Å². The van der Waals surface area contributed by atoms with E-state index in [4.69, 9.17) is 4.74 Å². The highest BCUT2D eigenvalue weighted by Crippen LogP contribution is 2.22. The van der Waals surface area contributed by atoms with Crippen molar-refractivity contribution in [1.82, 2.24) is 15.6 Å². The summed E-state index contributed by atoms with van der Waals surface area (Å²) in [6.45, 7) is 5.03. The van der Waals surface area contributed by atoms with Crippen LogP contribution in [0, 0.1) is 0 Å². The lowest BCUT2D eigenvalue weighted by Crippen LogP contribution is -2.36. The Hall–Kier alpha value is -1.31. The summed E-state index contributed by atoms with van der Waals surface area (Å²) in [5.41, 5.74) is 1.09. The summed E-state index contributed by atoms with van der Waals surface area (Å²) < 4.78 is 5.93. The molecular formula is C17H27IN4O. The van der Waals surface area contributed by atoms with Gasteiger partial charge in [-0.3, -0.25) is 4.99 Å². The minimum Gasteiger partial charge on any atom is -0.474 e. The summed E-state index contributed by atoms with van der Waals surface area (Å²) in [5, 5.41) is 6.36. The molecule has 1 fully saturated rings. The molecule has 1 saturated carbocycles. The lowest BCUT2D eigenvalue weighted by molar-refractivity contribution is 0.148. The number of hydrogen-bond acceptors (Lipinski definition) is 3. The van der Waals surface area contributed by atoms with Gasteiger partial charge in [-0.25, -0.2) is 4.98 Å². The zero-order valence-electron chi connectivity index (χ0n) is 13.8. The van der Waals surface area contributed by atoms with E-state index in [1.807, 2.05) is 18.3 Å². The van der Waals surface area contributed by atoms with Crippen molar-refractivity contribution < 1.29 is 4.74 Å². The molecule has 6 heteroatoms. The minimum atomic E-state index is 0. The van der Waals surface area contributed by atoms with Gasteiger partial charge in [0, 0.05) is 32.4 Å². The third-order valence-corrected chi connectivity index (χ3v) is 3.73. The first-order valence-corrected chi connectivity index (χ1v) is 7.99. The molecule has 23 heavy (non-hydrogen) atoms. The maximum atomic E-state index is 5.93. The molecule has 0 aromatic carbocycles. The van der Waals surface area contributed by atoms with Crippen LogP contribution in [-0.4, -0.2) is 30.6 Å². The van der Waals surface area contributed by atoms with E-state index in [0.717, 1.165) is 30.2 Å². The molecule has 0 aliphatic heterocycles. The van der Waals surface area contributed by atoms with Gasteiger partial charge in [-0.15, -0.1) is 30.6 Å². The van der Waals surface area contributed by atoms with E-state index in [0.29, 0.717) is 19.2 Å². The fourth-order valence-corrected chi connectivity index (χ4v) is 2.51. The van der Waals surface area contributed by atoms with Crippen molar-refractivity contribution in [1.29, 1.82) is 0 Å². The van der Waals surface area contributed by atoms with E-state index in [1.165, 1.54) is 19.3 Å². The first kappa shape index (κ1) is 19.7. The van der Waals surface area contributed by atoms with Crippen molar-refractivity contribution >= 4 is 29.9 Å². The quantitative estimate of drug-likeness (QED) is 0.315. The predicted octanol–water partition coefficient (Wildman–Crippen LogP) is 3.26. The summed E-state index contributed by atoms with van der Waals surface area (Å²) in [4.78, 5) is 8.54. The number of hydrogen-bond donors (Lipinski definition) is 2. The van der Waals surface area contributed by atoms with Gasteiger partial charge in [0.15, 0.2) is 5.96 Å². The second kappa shape index (κ2) is 11.3. The molecule has 1 aliphatic rings. The van der Waals surface area contributed by atoms with Crippen LogP contribution in [0.2, 0.25) is 0 Å². The normalized spacial score (nSPS) is 15.4. The second-order valence-corrected chi connectivity index (χ2v) is 5.48. The molecule has 0 radical (unpaired) electrons. The Bertz CT molecular complexity index is 484. The Balaban J connectivity index is 0.00000264. The number of rotatable bonds is 6. The average Bonchev–Trinajstić information content (AvgIpc) is 2.57. The Labute approximate surface area is 156 Å². The van der Waals surface area contributed by atoms with Crippen LogP contribution in [0.1, 0.15) is 37.7 Å². The zero-order chi connectivity index (χ0) is 15.6. The average molecular weight is 430 g/mol. The van der Waals surface area contributed by atoms with Crippen LogP contribution < -0.4 is 15.4 Å². The number of aliphatic imine (C=N–C) groups is 1. The predicted molar refractivity (Wildman–Crippen MR) is 106 cm³/mol. The number of nitrogens with one attached hydrogen (secondary N) is 2. The van der Waals surface area contributed by atoms with Gasteiger partial charge in [-0.2, -0.15) is 0 Å². The van der Waals surface area contributed by atoms with Crippen LogP contribution in [-0.2, 0) is 6.54 Å². The van der Waals surface area contributed by atoms with E-state index in [-0.39, 0.29) is 24.0 Å². The van der Waals surface area contributed by atoms with E-state index in [1.54, 1.807) is 13.1 Å². The lowest BCUT2D eigenvalue weighted by atomic mass is 9.98. The molecule has 1 aromatic heterocycles. The standard InChI is InChI=1S/C17H26N4O.HI/c1-3-11-19-17(18-2)21-13-14-9-10-16(20-12-14)22-15-7-5-4-6-8-15;/h3,9-10,12,15H,1,4-8,11,13H2,2H3,(H2,18,19,21);1H. The van der Waals surface area contributed by atoms with Crippen molar-refractivity contribution in [3.8, 4) is 5.88 Å². The molecule has 1 aliphatic carbocycles. The Morgan fingerprint density at radius 3 is 2.74 bits per heavy atom. The summed E-state index contributed by atoms with van der Waals surface area (Å²) >= 11 is 0. The Kier molecular flexibility index (Phi) is 9.66. The van der Waals surface area contributed by atoms with Crippen LogP contribution in [0.15, 0.2) is 36.0 Å². The van der Waals surface area contributed by atoms with Crippen LogP contribution in [0.5, 0.6) is 5.88 Å². The molecular weight excluding hydrogens is 403 g/mol. The maximum Gasteiger partial charge on any atom is 0.213 e. The number of ether oxygens (including phenoxy) is 1. The Morgan fingerprint density at radius 2 is 2.13 bits per heavy atom.